The molecule has 27 heavy (non-hydrogen) atoms. The molecule has 1 amide bonds. The Morgan fingerprint density at radius 1 is 1.26 bits per heavy atom. The number of anilines is 1. The van der Waals surface area contributed by atoms with E-state index >= 15 is 0 Å². The summed E-state index contributed by atoms with van der Waals surface area (Å²) < 4.78 is 3.74. The molecular weight excluding hydrogens is 360 g/mol. The van der Waals surface area contributed by atoms with E-state index in [0.717, 1.165) is 45.7 Å². The first-order valence-electron chi connectivity index (χ1n) is 8.81. The number of hydrogen-bond donors (Lipinski definition) is 0. The van der Waals surface area contributed by atoms with E-state index in [-0.39, 0.29) is 5.91 Å². The molecule has 0 fully saturated rings. The number of carbonyl (C=O) groups is 1. The minimum absolute atomic E-state index is 0.0578. The molecule has 0 saturated heterocycles. The van der Waals surface area contributed by atoms with Crippen LogP contribution in [0, 0.1) is 0 Å². The number of rotatable bonds is 2. The lowest BCUT2D eigenvalue weighted by molar-refractivity contribution is 0.0981. The molecule has 4 aromatic rings. The number of benzene rings is 1. The molecule has 8 heteroatoms. The number of imidazole rings is 1. The van der Waals surface area contributed by atoms with E-state index in [9.17, 15) is 4.79 Å². The highest BCUT2D eigenvalue weighted by Crippen LogP contribution is 2.34. The highest BCUT2D eigenvalue weighted by atomic mass is 32.1. The van der Waals surface area contributed by atoms with Gasteiger partial charge < -0.3 is 9.47 Å². The minimum Gasteiger partial charge on any atom is -0.334 e. The summed E-state index contributed by atoms with van der Waals surface area (Å²) in [6.07, 6.45) is 7.36. The number of thiazole rings is 1. The number of nitrogens with zero attached hydrogens (tertiary/aromatic N) is 6. The molecule has 1 aliphatic rings. The summed E-state index contributed by atoms with van der Waals surface area (Å²) in [6, 6.07) is 4.07. The van der Waals surface area contributed by atoms with E-state index in [0.29, 0.717) is 12.2 Å². The molecule has 7 nitrogen and oxygen atoms in total. The Kier molecular flexibility index (Phi) is 3.61. The van der Waals surface area contributed by atoms with Gasteiger partial charge in [-0.3, -0.25) is 9.48 Å². The van der Waals surface area contributed by atoms with Crippen LogP contribution >= 0.6 is 11.3 Å². The average molecular weight is 378 g/mol. The maximum atomic E-state index is 13.2. The molecule has 0 radical (unpaired) electrons. The lowest BCUT2D eigenvalue weighted by Crippen LogP contribution is -2.35. The zero-order valence-electron chi connectivity index (χ0n) is 15.1. The highest BCUT2D eigenvalue weighted by Gasteiger charge is 2.27. The second-order valence-electron chi connectivity index (χ2n) is 6.79. The number of amides is 1. The Labute approximate surface area is 159 Å². The van der Waals surface area contributed by atoms with Gasteiger partial charge >= 0.3 is 0 Å². The zero-order chi connectivity index (χ0) is 18.5. The van der Waals surface area contributed by atoms with Gasteiger partial charge in [-0.2, -0.15) is 5.10 Å². The van der Waals surface area contributed by atoms with Gasteiger partial charge in [0.2, 0.25) is 0 Å². The van der Waals surface area contributed by atoms with Crippen molar-refractivity contribution in [2.75, 3.05) is 11.4 Å². The first-order valence-corrected chi connectivity index (χ1v) is 9.69. The van der Waals surface area contributed by atoms with Crippen LogP contribution in [-0.2, 0) is 20.5 Å². The Hall–Kier alpha value is -3.00. The molecule has 136 valence electrons. The van der Waals surface area contributed by atoms with Gasteiger partial charge in [-0.05, 0) is 25.0 Å². The van der Waals surface area contributed by atoms with Crippen molar-refractivity contribution >= 4 is 34.0 Å². The molecule has 4 heterocycles. The van der Waals surface area contributed by atoms with Crippen molar-refractivity contribution in [2.45, 2.75) is 12.8 Å². The Bertz CT molecular complexity index is 1170. The van der Waals surface area contributed by atoms with E-state index < -0.39 is 0 Å². The summed E-state index contributed by atoms with van der Waals surface area (Å²) in [4.78, 5) is 24.1. The standard InChI is InChI=1S/C19H18N6OS/c1-23-11-20-17-13-4-3-7-25(15(13)5-6-16(17)23)19(26)14-10-27-18(22-14)12-8-21-24(2)9-12/h5-6,8-11H,3-4,7H2,1-2H3. The van der Waals surface area contributed by atoms with Crippen LogP contribution in [0.2, 0.25) is 0 Å². The predicted octanol–water partition coefficient (Wildman–Crippen LogP) is 3.02. The van der Waals surface area contributed by atoms with Gasteiger partial charge in [-0.15, -0.1) is 11.3 Å². The van der Waals surface area contributed by atoms with Crippen LogP contribution in [0.5, 0.6) is 0 Å². The van der Waals surface area contributed by atoms with Gasteiger partial charge in [0, 0.05) is 49.0 Å². The summed E-state index contributed by atoms with van der Waals surface area (Å²) >= 11 is 1.47. The van der Waals surface area contributed by atoms with Crippen LogP contribution in [0.15, 0.2) is 36.2 Å². The summed E-state index contributed by atoms with van der Waals surface area (Å²) in [7, 11) is 3.86. The largest absolute Gasteiger partial charge is 0.334 e. The molecule has 0 spiro atoms. The monoisotopic (exact) mass is 378 g/mol. The smallest absolute Gasteiger partial charge is 0.277 e. The summed E-state index contributed by atoms with van der Waals surface area (Å²) in [6.45, 7) is 0.698. The van der Waals surface area contributed by atoms with Gasteiger partial charge in [0.25, 0.3) is 5.91 Å². The first-order chi connectivity index (χ1) is 13.1. The number of hydrogen-bond acceptors (Lipinski definition) is 5. The molecule has 1 aromatic carbocycles. The van der Waals surface area contributed by atoms with Crippen molar-refractivity contribution in [3.8, 4) is 10.6 Å². The third-order valence-corrected chi connectivity index (χ3v) is 5.89. The number of carbonyl (C=O) groups excluding carboxylic acids is 1. The second kappa shape index (κ2) is 6.02. The molecule has 0 bridgehead atoms. The van der Waals surface area contributed by atoms with Gasteiger partial charge in [0.15, 0.2) is 0 Å². The Morgan fingerprint density at radius 2 is 2.15 bits per heavy atom. The van der Waals surface area contributed by atoms with Gasteiger partial charge in [-0.1, -0.05) is 0 Å². The molecule has 5 rings (SSSR count). The lowest BCUT2D eigenvalue weighted by Gasteiger charge is -2.29. The number of aryl methyl sites for hydroxylation is 3. The van der Waals surface area contributed by atoms with Crippen molar-refractivity contribution in [1.82, 2.24) is 24.3 Å². The number of fused-ring (bicyclic) bond motifs is 3. The predicted molar refractivity (Wildman–Crippen MR) is 105 cm³/mol. The molecule has 0 saturated carbocycles. The fraction of sp³-hybridized carbons (Fsp3) is 0.263. The summed E-state index contributed by atoms with van der Waals surface area (Å²) in [5.74, 6) is -0.0578. The maximum Gasteiger partial charge on any atom is 0.277 e. The summed E-state index contributed by atoms with van der Waals surface area (Å²) in [5.41, 5.74) is 5.59. The van der Waals surface area contributed by atoms with Crippen LogP contribution in [-0.4, -0.2) is 36.8 Å². The fourth-order valence-corrected chi connectivity index (χ4v) is 4.44. The van der Waals surface area contributed by atoms with Crippen molar-refractivity contribution in [1.29, 1.82) is 0 Å². The Balaban J connectivity index is 1.52. The average Bonchev–Trinajstić information content (AvgIpc) is 3.40. The molecule has 0 N–H and O–H groups in total. The van der Waals surface area contributed by atoms with Crippen molar-refractivity contribution < 1.29 is 4.79 Å². The topological polar surface area (TPSA) is 68.8 Å². The van der Waals surface area contributed by atoms with Crippen LogP contribution in [0.1, 0.15) is 22.5 Å². The van der Waals surface area contributed by atoms with E-state index in [1.165, 1.54) is 11.3 Å². The lowest BCUT2D eigenvalue weighted by atomic mass is 9.99. The quantitative estimate of drug-likeness (QED) is 0.538. The van der Waals surface area contributed by atoms with E-state index in [4.69, 9.17) is 0 Å². The third-order valence-electron chi connectivity index (χ3n) is 5.00. The Morgan fingerprint density at radius 3 is 2.96 bits per heavy atom. The van der Waals surface area contributed by atoms with E-state index in [1.54, 1.807) is 10.9 Å². The van der Waals surface area contributed by atoms with Crippen molar-refractivity contribution in [3.63, 3.8) is 0 Å². The van der Waals surface area contributed by atoms with Crippen LogP contribution < -0.4 is 4.90 Å². The molecule has 0 atom stereocenters. The molecular formula is C19H18N6OS. The SMILES string of the molecule is Cn1cc(-c2nc(C(=O)N3CCCc4c3ccc3c4ncn3C)cs2)cn1. The van der Waals surface area contributed by atoms with Crippen molar-refractivity contribution in [2.24, 2.45) is 14.1 Å². The molecule has 1 aliphatic heterocycles. The first kappa shape index (κ1) is 16.2. The molecule has 3 aromatic heterocycles. The van der Waals surface area contributed by atoms with Crippen LogP contribution in [0.4, 0.5) is 5.69 Å². The second-order valence-corrected chi connectivity index (χ2v) is 7.65. The van der Waals surface area contributed by atoms with Crippen LogP contribution in [0.3, 0.4) is 0 Å². The highest BCUT2D eigenvalue weighted by molar-refractivity contribution is 7.13. The van der Waals surface area contributed by atoms with Gasteiger partial charge in [0.05, 0.1) is 23.6 Å². The van der Waals surface area contributed by atoms with Gasteiger partial charge in [0.1, 0.15) is 10.7 Å². The molecule has 0 aliphatic carbocycles. The van der Waals surface area contributed by atoms with Crippen molar-refractivity contribution in [3.05, 3.63) is 47.5 Å². The van der Waals surface area contributed by atoms with E-state index in [1.807, 2.05) is 53.6 Å². The summed E-state index contributed by atoms with van der Waals surface area (Å²) in [5, 5.41) is 6.82. The van der Waals surface area contributed by atoms with E-state index in [2.05, 4.69) is 15.1 Å². The normalized spacial score (nSPS) is 13.9. The fourth-order valence-electron chi connectivity index (χ4n) is 3.67. The van der Waals surface area contributed by atoms with Crippen LogP contribution in [0.25, 0.3) is 21.6 Å². The minimum atomic E-state index is -0.0578. The van der Waals surface area contributed by atoms with Gasteiger partial charge in [-0.25, -0.2) is 9.97 Å². The molecule has 0 unspecified atom stereocenters. The maximum absolute atomic E-state index is 13.2. The number of aromatic nitrogens is 5. The third kappa shape index (κ3) is 2.56. The zero-order valence-corrected chi connectivity index (χ0v) is 15.9.